The zero-order valence-corrected chi connectivity index (χ0v) is 22.5. The van der Waals surface area contributed by atoms with E-state index in [-0.39, 0.29) is 22.6 Å². The Morgan fingerprint density at radius 3 is 2.43 bits per heavy atom. The molecular weight excluding hydrogens is 514 g/mol. The summed E-state index contributed by atoms with van der Waals surface area (Å²) in [6.07, 6.45) is 2.97. The van der Waals surface area contributed by atoms with Crippen molar-refractivity contribution in [3.05, 3.63) is 65.0 Å². The molecule has 0 unspecified atom stereocenters. The number of carbonyl (C=O) groups excluding carboxylic acids is 1. The minimum atomic E-state index is -3.96. The number of piperazine rings is 1. The summed E-state index contributed by atoms with van der Waals surface area (Å²) in [6, 6.07) is 12.0. The van der Waals surface area contributed by atoms with Gasteiger partial charge in [0.25, 0.3) is 10.0 Å². The summed E-state index contributed by atoms with van der Waals surface area (Å²) in [6.45, 7) is 6.65. The molecule has 9 nitrogen and oxygen atoms in total. The number of hydrogen-bond donors (Lipinski definition) is 3. The van der Waals surface area contributed by atoms with E-state index in [0.29, 0.717) is 31.2 Å². The number of aliphatic hydroxyl groups is 1. The van der Waals surface area contributed by atoms with Gasteiger partial charge in [-0.25, -0.2) is 13.1 Å². The van der Waals surface area contributed by atoms with E-state index in [1.54, 1.807) is 12.1 Å². The van der Waals surface area contributed by atoms with Crippen LogP contribution in [0.25, 0.3) is 0 Å². The topological polar surface area (TPSA) is 117 Å². The van der Waals surface area contributed by atoms with Gasteiger partial charge in [0.1, 0.15) is 6.04 Å². The highest BCUT2D eigenvalue weighted by Crippen LogP contribution is 2.31. The highest BCUT2D eigenvalue weighted by Gasteiger charge is 2.31. The van der Waals surface area contributed by atoms with E-state index in [9.17, 15) is 18.3 Å². The Morgan fingerprint density at radius 2 is 1.78 bits per heavy atom. The summed E-state index contributed by atoms with van der Waals surface area (Å²) in [4.78, 5) is 19.5. The molecule has 1 saturated heterocycles. The number of sulfonamides is 1. The van der Waals surface area contributed by atoms with Crippen LogP contribution in [-0.2, 0) is 21.2 Å². The third-order valence-corrected chi connectivity index (χ3v) is 8.32. The highest BCUT2D eigenvalue weighted by atomic mass is 35.5. The van der Waals surface area contributed by atoms with Gasteiger partial charge in [0.2, 0.25) is 5.91 Å². The predicted octanol–water partition coefficient (Wildman–Crippen LogP) is 3.55. The summed E-state index contributed by atoms with van der Waals surface area (Å²) >= 11 is 6.17. The molecule has 1 fully saturated rings. The molecule has 0 saturated carbocycles. The standard InChI is InChI=1S/C26H32ClN5O4S/c1-18(28)16-25(33)29-37(35,36)23-8-6-22(7-9-23)30-12-14-31(15-13-30)26(34)19(2)32-11-3-4-20-17-21(27)5-10-24(20)32/h5-10,16-17,19,28-29,33H,3-4,11-15H2,1-2H3/b25-16-,28-18?/t19-/m1/s1. The van der Waals surface area contributed by atoms with Gasteiger partial charge >= 0.3 is 0 Å². The molecule has 2 aromatic rings. The largest absolute Gasteiger partial charge is 0.494 e. The van der Waals surface area contributed by atoms with Crippen LogP contribution in [0, 0.1) is 5.41 Å². The number of amides is 1. The Morgan fingerprint density at radius 1 is 1.11 bits per heavy atom. The first kappa shape index (κ1) is 26.8. The first-order valence-electron chi connectivity index (χ1n) is 12.2. The number of nitrogens with zero attached hydrogens (tertiary/aromatic N) is 3. The number of hydrogen-bond acceptors (Lipinski definition) is 7. The number of anilines is 2. The van der Waals surface area contributed by atoms with Crippen LogP contribution in [0.4, 0.5) is 11.4 Å². The summed E-state index contributed by atoms with van der Waals surface area (Å²) in [7, 11) is -3.96. The van der Waals surface area contributed by atoms with E-state index in [4.69, 9.17) is 17.0 Å². The first-order chi connectivity index (χ1) is 17.5. The Kier molecular flexibility index (Phi) is 7.99. The van der Waals surface area contributed by atoms with Gasteiger partial charge in [-0.1, -0.05) is 11.6 Å². The molecule has 37 heavy (non-hydrogen) atoms. The molecule has 0 radical (unpaired) electrons. The van der Waals surface area contributed by atoms with Gasteiger partial charge in [-0.3, -0.25) is 4.79 Å². The number of fused-ring (bicyclic) bond motifs is 1. The lowest BCUT2D eigenvalue weighted by Crippen LogP contribution is -2.55. The molecule has 4 rings (SSSR count). The van der Waals surface area contributed by atoms with Gasteiger partial charge in [-0.2, -0.15) is 0 Å². The first-order valence-corrected chi connectivity index (χ1v) is 14.1. The van der Waals surface area contributed by atoms with E-state index in [1.165, 1.54) is 24.6 Å². The zero-order valence-electron chi connectivity index (χ0n) is 20.9. The Bertz CT molecular complexity index is 1300. The van der Waals surface area contributed by atoms with E-state index < -0.39 is 15.9 Å². The van der Waals surface area contributed by atoms with Gasteiger partial charge < -0.3 is 25.2 Å². The average molecular weight is 546 g/mol. The van der Waals surface area contributed by atoms with Crippen molar-refractivity contribution in [2.45, 2.75) is 37.6 Å². The van der Waals surface area contributed by atoms with Crippen LogP contribution in [0.1, 0.15) is 25.8 Å². The second-order valence-electron chi connectivity index (χ2n) is 9.37. The predicted molar refractivity (Wildman–Crippen MR) is 146 cm³/mol. The van der Waals surface area contributed by atoms with Crippen LogP contribution in [0.2, 0.25) is 5.02 Å². The highest BCUT2D eigenvalue weighted by molar-refractivity contribution is 7.89. The Labute approximate surface area is 222 Å². The monoisotopic (exact) mass is 545 g/mol. The second-order valence-corrected chi connectivity index (χ2v) is 11.5. The Hall–Kier alpha value is -3.24. The third-order valence-electron chi connectivity index (χ3n) is 6.72. The maximum absolute atomic E-state index is 13.4. The van der Waals surface area contributed by atoms with E-state index in [1.807, 2.05) is 34.7 Å². The maximum atomic E-state index is 13.4. The van der Waals surface area contributed by atoms with Crippen LogP contribution in [0.5, 0.6) is 0 Å². The molecule has 2 heterocycles. The van der Waals surface area contributed by atoms with E-state index in [0.717, 1.165) is 36.8 Å². The molecule has 2 aliphatic rings. The Balaban J connectivity index is 1.36. The molecule has 3 N–H and O–H groups in total. The molecular formula is C26H32ClN5O4S. The number of aliphatic hydroxyl groups excluding tert-OH is 1. The van der Waals surface area contributed by atoms with Crippen molar-refractivity contribution in [2.75, 3.05) is 42.5 Å². The number of nitrogens with one attached hydrogen (secondary N) is 2. The second kappa shape index (κ2) is 11.0. The quantitative estimate of drug-likeness (QED) is 0.362. The van der Waals surface area contributed by atoms with Crippen molar-refractivity contribution in [2.24, 2.45) is 0 Å². The average Bonchev–Trinajstić information content (AvgIpc) is 2.86. The maximum Gasteiger partial charge on any atom is 0.264 e. The summed E-state index contributed by atoms with van der Waals surface area (Å²) in [5, 5.41) is 17.7. The molecule has 1 amide bonds. The fraction of sp³-hybridized carbons (Fsp3) is 0.385. The van der Waals surface area contributed by atoms with Crippen LogP contribution >= 0.6 is 11.6 Å². The summed E-state index contributed by atoms with van der Waals surface area (Å²) in [5.74, 6) is -0.508. The van der Waals surface area contributed by atoms with Crippen molar-refractivity contribution in [1.82, 2.24) is 9.62 Å². The lowest BCUT2D eigenvalue weighted by atomic mass is 10.00. The minimum absolute atomic E-state index is 0.00423. The molecule has 0 aromatic heterocycles. The van der Waals surface area contributed by atoms with E-state index >= 15 is 0 Å². The number of halogens is 1. The molecule has 1 atom stereocenters. The van der Waals surface area contributed by atoms with Crippen molar-refractivity contribution in [3.8, 4) is 0 Å². The van der Waals surface area contributed by atoms with Crippen LogP contribution in [0.15, 0.2) is 59.3 Å². The summed E-state index contributed by atoms with van der Waals surface area (Å²) < 4.78 is 27.0. The van der Waals surface area contributed by atoms with Crippen molar-refractivity contribution in [1.29, 1.82) is 5.41 Å². The molecule has 2 aromatic carbocycles. The van der Waals surface area contributed by atoms with Gasteiger partial charge in [-0.05, 0) is 74.7 Å². The summed E-state index contributed by atoms with van der Waals surface area (Å²) in [5.41, 5.74) is 3.14. The van der Waals surface area contributed by atoms with Crippen LogP contribution in [-0.4, -0.2) is 68.8 Å². The molecule has 198 valence electrons. The number of allylic oxidation sites excluding steroid dienone is 1. The molecule has 0 aliphatic carbocycles. The molecule has 11 heteroatoms. The normalized spacial score (nSPS) is 17.3. The number of benzene rings is 2. The van der Waals surface area contributed by atoms with Crippen LogP contribution in [0.3, 0.4) is 0 Å². The molecule has 0 bridgehead atoms. The van der Waals surface area contributed by atoms with Crippen molar-refractivity contribution in [3.63, 3.8) is 0 Å². The third kappa shape index (κ3) is 6.19. The van der Waals surface area contributed by atoms with Gasteiger partial charge in [0.15, 0.2) is 5.88 Å². The van der Waals surface area contributed by atoms with Gasteiger partial charge in [0.05, 0.1) is 4.90 Å². The SMILES string of the molecule is CC(=N)/C=C(\O)NS(=O)(=O)c1ccc(N2CCN(C(=O)[C@@H](C)N3CCCc4cc(Cl)ccc43)CC2)cc1. The number of carbonyl (C=O) groups is 1. The zero-order chi connectivity index (χ0) is 26.7. The molecule has 2 aliphatic heterocycles. The lowest BCUT2D eigenvalue weighted by molar-refractivity contribution is -0.132. The van der Waals surface area contributed by atoms with Crippen molar-refractivity contribution < 1.29 is 18.3 Å². The fourth-order valence-corrected chi connectivity index (χ4v) is 5.99. The lowest BCUT2D eigenvalue weighted by Gasteiger charge is -2.41. The van der Waals surface area contributed by atoms with E-state index in [2.05, 4.69) is 9.80 Å². The fourth-order valence-electron chi connectivity index (χ4n) is 4.85. The smallest absolute Gasteiger partial charge is 0.264 e. The number of rotatable bonds is 7. The van der Waals surface area contributed by atoms with Gasteiger partial charge in [-0.15, -0.1) is 0 Å². The molecule has 0 spiro atoms. The number of aryl methyl sites for hydroxylation is 1. The van der Waals surface area contributed by atoms with Crippen molar-refractivity contribution >= 4 is 44.6 Å². The van der Waals surface area contributed by atoms with Crippen LogP contribution < -0.4 is 14.5 Å². The van der Waals surface area contributed by atoms with Gasteiger partial charge in [0, 0.05) is 60.9 Å². The minimum Gasteiger partial charge on any atom is -0.494 e.